The molecule has 4 unspecified atom stereocenters. The maximum Gasteiger partial charge on any atom is 0.194 e. The number of hydrogen-bond donors (Lipinski definition) is 2. The fourth-order valence-corrected chi connectivity index (χ4v) is 3.23. The molecule has 1 aromatic heterocycles. The lowest BCUT2D eigenvalue weighted by Crippen LogP contribution is -2.48. The molecule has 1 fully saturated rings. The molecule has 130 valence electrons. The molecule has 1 aliphatic heterocycles. The first-order valence-electron chi connectivity index (χ1n) is 6.99. The third-order valence-electron chi connectivity index (χ3n) is 3.78. The number of halogens is 3. The van der Waals surface area contributed by atoms with E-state index in [9.17, 15) is 23.4 Å². The van der Waals surface area contributed by atoms with Crippen LogP contribution in [0.25, 0.3) is 11.3 Å². The topological polar surface area (TPSA) is 80.4 Å². The van der Waals surface area contributed by atoms with Crippen LogP contribution in [0.4, 0.5) is 13.2 Å². The van der Waals surface area contributed by atoms with Crippen molar-refractivity contribution < 1.29 is 28.1 Å². The van der Waals surface area contributed by atoms with Crippen molar-refractivity contribution in [2.24, 2.45) is 0 Å². The Morgan fingerprint density at radius 2 is 1.92 bits per heavy atom. The first kappa shape index (κ1) is 17.2. The second-order valence-electron chi connectivity index (χ2n) is 5.32. The molecule has 0 amide bonds. The summed E-state index contributed by atoms with van der Waals surface area (Å²) in [4.78, 5) is 0. The van der Waals surface area contributed by atoms with Gasteiger partial charge < -0.3 is 14.9 Å². The van der Waals surface area contributed by atoms with Gasteiger partial charge in [0, 0.05) is 5.56 Å². The summed E-state index contributed by atoms with van der Waals surface area (Å²) in [5.74, 6) is -4.24. The molecule has 4 atom stereocenters. The van der Waals surface area contributed by atoms with Crippen molar-refractivity contribution in [3.63, 3.8) is 0 Å². The molecule has 2 heterocycles. The van der Waals surface area contributed by atoms with Crippen molar-refractivity contribution in [3.8, 4) is 11.3 Å². The van der Waals surface area contributed by atoms with Gasteiger partial charge >= 0.3 is 0 Å². The second kappa shape index (κ2) is 6.71. The molecule has 0 spiro atoms. The number of aliphatic hydroxyl groups is 2. The van der Waals surface area contributed by atoms with Gasteiger partial charge in [-0.2, -0.15) is 0 Å². The predicted molar refractivity (Wildman–Crippen MR) is 79.6 cm³/mol. The largest absolute Gasteiger partial charge is 0.388 e. The molecule has 1 saturated heterocycles. The van der Waals surface area contributed by atoms with Crippen LogP contribution in [0, 0.1) is 17.5 Å². The molecule has 0 bridgehead atoms. The molecular weight excluding hydrogens is 347 g/mol. The average Bonchev–Trinajstić information content (AvgIpc) is 3.02. The molecule has 6 nitrogen and oxygen atoms in total. The quantitative estimate of drug-likeness (QED) is 0.804. The summed E-state index contributed by atoms with van der Waals surface area (Å²) in [6, 6.07) is 0.774. The van der Waals surface area contributed by atoms with Crippen molar-refractivity contribution in [2.45, 2.75) is 23.7 Å². The van der Waals surface area contributed by atoms with Gasteiger partial charge in [-0.25, -0.2) is 17.9 Å². The Morgan fingerprint density at radius 1 is 1.25 bits per heavy atom. The first-order valence-corrected chi connectivity index (χ1v) is 8.28. The number of aliphatic hydroxyl groups excluding tert-OH is 2. The summed E-state index contributed by atoms with van der Waals surface area (Å²) < 4.78 is 46.2. The van der Waals surface area contributed by atoms with Crippen molar-refractivity contribution in [1.82, 2.24) is 15.0 Å². The van der Waals surface area contributed by atoms with Crippen LogP contribution >= 0.6 is 11.8 Å². The lowest BCUT2D eigenvalue weighted by molar-refractivity contribution is -0.124. The molecule has 24 heavy (non-hydrogen) atoms. The molecule has 0 aliphatic carbocycles. The molecule has 0 saturated carbocycles. The Morgan fingerprint density at radius 3 is 2.54 bits per heavy atom. The Balaban J connectivity index is 1.93. The van der Waals surface area contributed by atoms with Crippen LogP contribution in [0.3, 0.4) is 0 Å². The first-order chi connectivity index (χ1) is 11.4. The van der Waals surface area contributed by atoms with Gasteiger partial charge in [0.05, 0.1) is 12.8 Å². The van der Waals surface area contributed by atoms with Gasteiger partial charge in [0.25, 0.3) is 0 Å². The van der Waals surface area contributed by atoms with Gasteiger partial charge in [0.1, 0.15) is 29.4 Å². The van der Waals surface area contributed by atoms with Crippen LogP contribution < -0.4 is 0 Å². The number of ether oxygens (including phenoxy) is 1. The third kappa shape index (κ3) is 3.02. The highest BCUT2D eigenvalue weighted by Gasteiger charge is 2.40. The molecule has 3 rings (SSSR count). The lowest BCUT2D eigenvalue weighted by atomic mass is 10.0. The number of nitrogens with zero attached hydrogens (tertiary/aromatic N) is 3. The highest BCUT2D eigenvalue weighted by atomic mass is 32.2. The zero-order chi connectivity index (χ0) is 17.4. The zero-order valence-electron chi connectivity index (χ0n) is 12.4. The Labute approximate surface area is 139 Å². The van der Waals surface area contributed by atoms with Crippen LogP contribution in [-0.4, -0.2) is 55.7 Å². The Hall–Kier alpha value is -1.62. The van der Waals surface area contributed by atoms with Crippen molar-refractivity contribution in [2.75, 3.05) is 12.9 Å². The zero-order valence-corrected chi connectivity index (χ0v) is 13.3. The number of aromatic nitrogens is 3. The maximum absolute atomic E-state index is 13.3. The number of rotatable bonds is 3. The van der Waals surface area contributed by atoms with Crippen molar-refractivity contribution >= 4 is 11.8 Å². The van der Waals surface area contributed by atoms with Crippen molar-refractivity contribution in [1.29, 1.82) is 0 Å². The molecule has 1 aliphatic rings. The molecule has 0 radical (unpaired) electrons. The van der Waals surface area contributed by atoms with Gasteiger partial charge in [-0.3, -0.25) is 0 Å². The van der Waals surface area contributed by atoms with E-state index in [2.05, 4.69) is 10.3 Å². The van der Waals surface area contributed by atoms with E-state index in [4.69, 9.17) is 4.74 Å². The van der Waals surface area contributed by atoms with Gasteiger partial charge in [0.2, 0.25) is 0 Å². The standard InChI is InChI=1S/C14H14F3N3O3S/c1-24-14-13(22)12(10(21)5-23-14)20-4-9(18-19-20)6-2-7(15)11(17)8(16)3-6/h2-4,10,12-14,21-22H,5H2,1H3. The number of benzene rings is 1. The van der Waals surface area contributed by atoms with Crippen LogP contribution in [0.2, 0.25) is 0 Å². The number of thioether (sulfide) groups is 1. The molecule has 10 heteroatoms. The third-order valence-corrected chi connectivity index (χ3v) is 4.66. The van der Waals surface area contributed by atoms with E-state index < -0.39 is 41.1 Å². The summed E-state index contributed by atoms with van der Waals surface area (Å²) in [6.07, 6.45) is 0.991. The maximum atomic E-state index is 13.3. The fraction of sp³-hybridized carbons (Fsp3) is 0.429. The molecular formula is C14H14F3N3O3S. The summed E-state index contributed by atoms with van der Waals surface area (Å²) in [7, 11) is 0. The molecule has 2 N–H and O–H groups in total. The highest BCUT2D eigenvalue weighted by molar-refractivity contribution is 7.99. The summed E-state index contributed by atoms with van der Waals surface area (Å²) >= 11 is 1.28. The van der Waals surface area contributed by atoms with E-state index in [-0.39, 0.29) is 17.9 Å². The molecule has 1 aromatic carbocycles. The minimum Gasteiger partial charge on any atom is -0.388 e. The van der Waals surface area contributed by atoms with E-state index in [1.165, 1.54) is 22.6 Å². The summed E-state index contributed by atoms with van der Waals surface area (Å²) in [5.41, 5.74) is -0.471. The Kier molecular flexibility index (Phi) is 4.81. The van der Waals surface area contributed by atoms with Crippen molar-refractivity contribution in [3.05, 3.63) is 35.8 Å². The summed E-state index contributed by atoms with van der Waals surface area (Å²) in [6.45, 7) is 0.00221. The molecule has 2 aromatic rings. The normalized spacial score (nSPS) is 27.4. The van der Waals surface area contributed by atoms with E-state index >= 15 is 0 Å². The number of hydrogen-bond acceptors (Lipinski definition) is 6. The smallest absolute Gasteiger partial charge is 0.194 e. The second-order valence-corrected chi connectivity index (χ2v) is 6.26. The van der Waals surface area contributed by atoms with E-state index in [1.54, 1.807) is 6.26 Å². The fourth-order valence-electron chi connectivity index (χ4n) is 2.58. The highest BCUT2D eigenvalue weighted by Crippen LogP contribution is 2.31. The van der Waals surface area contributed by atoms with Crippen LogP contribution in [0.15, 0.2) is 18.3 Å². The minimum atomic E-state index is -1.57. The average molecular weight is 361 g/mol. The monoisotopic (exact) mass is 361 g/mol. The minimum absolute atomic E-state index is 0.00221. The SMILES string of the molecule is CSC1OCC(O)C(n2cc(-c3cc(F)c(F)c(F)c3)nn2)C1O. The van der Waals surface area contributed by atoms with Gasteiger partial charge in [-0.15, -0.1) is 16.9 Å². The van der Waals surface area contributed by atoms with Gasteiger partial charge in [0.15, 0.2) is 17.5 Å². The predicted octanol–water partition coefficient (Wildman–Crippen LogP) is 1.34. The van der Waals surface area contributed by atoms with Crippen LogP contribution in [0.1, 0.15) is 6.04 Å². The summed E-state index contributed by atoms with van der Waals surface area (Å²) in [5, 5.41) is 27.9. The van der Waals surface area contributed by atoms with E-state index in [0.717, 1.165) is 12.1 Å². The van der Waals surface area contributed by atoms with Crippen LogP contribution in [-0.2, 0) is 4.74 Å². The van der Waals surface area contributed by atoms with E-state index in [1.807, 2.05) is 0 Å². The van der Waals surface area contributed by atoms with Gasteiger partial charge in [-0.1, -0.05) is 5.21 Å². The lowest BCUT2D eigenvalue weighted by Gasteiger charge is -2.36. The van der Waals surface area contributed by atoms with E-state index in [0.29, 0.717) is 0 Å². The van der Waals surface area contributed by atoms with Gasteiger partial charge in [-0.05, 0) is 18.4 Å². The Bertz CT molecular complexity index is 722. The van der Waals surface area contributed by atoms with Crippen LogP contribution in [0.5, 0.6) is 0 Å².